The minimum Gasteiger partial charge on any atom is -0.486 e. The van der Waals surface area contributed by atoms with Crippen molar-refractivity contribution in [1.29, 1.82) is 0 Å². The Morgan fingerprint density at radius 1 is 1.03 bits per heavy atom. The van der Waals surface area contributed by atoms with Gasteiger partial charge in [-0.05, 0) is 66.5 Å². The Bertz CT molecular complexity index is 1200. The second kappa shape index (κ2) is 7.74. The summed E-state index contributed by atoms with van der Waals surface area (Å²) in [5.74, 6) is 2.81. The lowest BCUT2D eigenvalue weighted by Crippen LogP contribution is -2.34. The molecule has 0 spiro atoms. The Hall–Kier alpha value is -3.19. The van der Waals surface area contributed by atoms with Crippen molar-refractivity contribution in [3.05, 3.63) is 76.2 Å². The van der Waals surface area contributed by atoms with Crippen molar-refractivity contribution >= 4 is 17.4 Å². The van der Waals surface area contributed by atoms with E-state index in [1.165, 1.54) is 36.8 Å². The lowest BCUT2D eigenvalue weighted by molar-refractivity contribution is 0.303. The molecule has 2 aliphatic rings. The van der Waals surface area contributed by atoms with Gasteiger partial charge in [0.05, 0.1) is 0 Å². The van der Waals surface area contributed by atoms with Crippen LogP contribution in [0.4, 0.5) is 6.01 Å². The SMILES string of the molecule is Nc1nnc(-c2ccc([C@@]3(c4ccc(OCc5nccs5)cc4)C[C@@H]4CC[C@H]3C4)cc2)o1. The third kappa shape index (κ3) is 3.28. The molecule has 32 heavy (non-hydrogen) atoms. The van der Waals surface area contributed by atoms with Crippen LogP contribution in [0.2, 0.25) is 0 Å². The Balaban J connectivity index is 1.30. The highest BCUT2D eigenvalue weighted by Gasteiger charge is 2.52. The van der Waals surface area contributed by atoms with Gasteiger partial charge in [-0.2, -0.15) is 0 Å². The molecule has 0 amide bonds. The fraction of sp³-hybridized carbons (Fsp3) is 0.320. The number of nitrogens with zero attached hydrogens (tertiary/aromatic N) is 3. The lowest BCUT2D eigenvalue weighted by Gasteiger charge is -2.39. The molecule has 0 radical (unpaired) electrons. The Morgan fingerprint density at radius 3 is 2.41 bits per heavy atom. The highest BCUT2D eigenvalue weighted by molar-refractivity contribution is 7.09. The number of nitrogen functional groups attached to an aromatic ring is 1. The van der Waals surface area contributed by atoms with E-state index in [4.69, 9.17) is 14.9 Å². The number of rotatable bonds is 6. The van der Waals surface area contributed by atoms with Gasteiger partial charge >= 0.3 is 6.01 Å². The van der Waals surface area contributed by atoms with Crippen molar-refractivity contribution in [3.63, 3.8) is 0 Å². The van der Waals surface area contributed by atoms with Gasteiger partial charge in [0.2, 0.25) is 5.89 Å². The van der Waals surface area contributed by atoms with Crippen LogP contribution in [-0.2, 0) is 12.0 Å². The van der Waals surface area contributed by atoms with Gasteiger partial charge in [0.15, 0.2) is 0 Å². The summed E-state index contributed by atoms with van der Waals surface area (Å²) < 4.78 is 11.3. The van der Waals surface area contributed by atoms with Gasteiger partial charge in [-0.25, -0.2) is 4.98 Å². The molecule has 2 fully saturated rings. The largest absolute Gasteiger partial charge is 0.486 e. The summed E-state index contributed by atoms with van der Waals surface area (Å²) in [5.41, 5.74) is 9.26. The highest BCUT2D eigenvalue weighted by Crippen LogP contribution is 2.60. The lowest BCUT2D eigenvalue weighted by atomic mass is 9.64. The first-order valence-electron chi connectivity index (χ1n) is 11.0. The molecular formula is C25H24N4O2S. The molecule has 6 nitrogen and oxygen atoms in total. The van der Waals surface area contributed by atoms with Gasteiger partial charge in [0.1, 0.15) is 17.4 Å². The molecular weight excluding hydrogens is 420 g/mol. The number of aromatic nitrogens is 3. The molecule has 0 unspecified atom stereocenters. The number of hydrogen-bond acceptors (Lipinski definition) is 7. The molecule has 0 saturated heterocycles. The summed E-state index contributed by atoms with van der Waals surface area (Å²) in [6, 6.07) is 17.4. The minimum absolute atomic E-state index is 0.0448. The summed E-state index contributed by atoms with van der Waals surface area (Å²) in [7, 11) is 0. The van der Waals surface area contributed by atoms with Crippen LogP contribution in [0.5, 0.6) is 5.75 Å². The van der Waals surface area contributed by atoms with E-state index < -0.39 is 0 Å². The summed E-state index contributed by atoms with van der Waals surface area (Å²) in [6.07, 6.45) is 6.95. The zero-order chi connectivity index (χ0) is 21.5. The van der Waals surface area contributed by atoms with Crippen LogP contribution in [0, 0.1) is 11.8 Å². The van der Waals surface area contributed by atoms with E-state index in [0.29, 0.717) is 18.4 Å². The molecule has 2 saturated carbocycles. The maximum atomic E-state index is 5.95. The summed E-state index contributed by atoms with van der Waals surface area (Å²) in [6.45, 7) is 0.508. The standard InChI is InChI=1S/C25H24N4O2S/c26-24-29-28-23(31-24)17-2-5-18(6-3-17)25(14-16-1-4-20(25)13-16)19-7-9-21(10-8-19)30-15-22-27-11-12-32-22/h2-3,5-12,16,20H,1,4,13-15H2,(H2,26,29)/t16-,20+,25-/m1/s1. The van der Waals surface area contributed by atoms with Gasteiger partial charge in [-0.15, -0.1) is 16.4 Å². The van der Waals surface area contributed by atoms with E-state index in [1.54, 1.807) is 11.3 Å². The zero-order valence-electron chi connectivity index (χ0n) is 17.6. The van der Waals surface area contributed by atoms with Crippen LogP contribution in [0.15, 0.2) is 64.5 Å². The van der Waals surface area contributed by atoms with E-state index >= 15 is 0 Å². The molecule has 4 aromatic rings. The second-order valence-electron chi connectivity index (χ2n) is 8.81. The fourth-order valence-electron chi connectivity index (χ4n) is 5.78. The fourth-order valence-corrected chi connectivity index (χ4v) is 6.31. The quantitative estimate of drug-likeness (QED) is 0.425. The van der Waals surface area contributed by atoms with Gasteiger partial charge in [-0.3, -0.25) is 0 Å². The van der Waals surface area contributed by atoms with E-state index in [1.807, 2.05) is 11.6 Å². The van der Waals surface area contributed by atoms with Crippen LogP contribution in [-0.4, -0.2) is 15.2 Å². The number of nitrogens with two attached hydrogens (primary N) is 1. The van der Waals surface area contributed by atoms with Gasteiger partial charge < -0.3 is 14.9 Å². The Labute approximate surface area is 190 Å². The van der Waals surface area contributed by atoms with Crippen LogP contribution in [0.25, 0.3) is 11.5 Å². The molecule has 2 heterocycles. The third-order valence-corrected chi connectivity index (χ3v) is 7.90. The summed E-state index contributed by atoms with van der Waals surface area (Å²) >= 11 is 1.61. The van der Waals surface area contributed by atoms with Crippen molar-refractivity contribution < 1.29 is 9.15 Å². The predicted molar refractivity (Wildman–Crippen MR) is 123 cm³/mol. The van der Waals surface area contributed by atoms with Gasteiger partial charge in [-0.1, -0.05) is 35.8 Å². The normalized spacial score (nSPS) is 24.1. The van der Waals surface area contributed by atoms with E-state index in [9.17, 15) is 0 Å². The molecule has 7 heteroatoms. The van der Waals surface area contributed by atoms with Gasteiger partial charge in [0, 0.05) is 22.6 Å². The second-order valence-corrected chi connectivity index (χ2v) is 9.79. The summed E-state index contributed by atoms with van der Waals surface area (Å²) in [5, 5.41) is 10.7. The number of hydrogen-bond donors (Lipinski definition) is 1. The minimum atomic E-state index is 0.0448. The smallest absolute Gasteiger partial charge is 0.313 e. The molecule has 2 aliphatic carbocycles. The summed E-state index contributed by atoms with van der Waals surface area (Å²) in [4.78, 5) is 4.29. The van der Waals surface area contributed by atoms with E-state index in [-0.39, 0.29) is 11.4 Å². The molecule has 2 aromatic heterocycles. The predicted octanol–water partition coefficient (Wildman–Crippen LogP) is 5.46. The van der Waals surface area contributed by atoms with Crippen LogP contribution in [0.3, 0.4) is 0 Å². The number of ether oxygens (including phenoxy) is 1. The van der Waals surface area contributed by atoms with Gasteiger partial charge in [0.25, 0.3) is 0 Å². The van der Waals surface area contributed by atoms with Crippen molar-refractivity contribution in [1.82, 2.24) is 15.2 Å². The average molecular weight is 445 g/mol. The first kappa shape index (κ1) is 19.5. The van der Waals surface area contributed by atoms with Crippen molar-refractivity contribution in [3.8, 4) is 17.2 Å². The molecule has 2 bridgehead atoms. The molecule has 3 atom stereocenters. The van der Waals surface area contributed by atoms with Crippen LogP contribution < -0.4 is 10.5 Å². The molecule has 0 aliphatic heterocycles. The first-order valence-corrected chi connectivity index (χ1v) is 11.9. The number of anilines is 1. The van der Waals surface area contributed by atoms with Crippen molar-refractivity contribution in [2.45, 2.75) is 37.7 Å². The van der Waals surface area contributed by atoms with Crippen LogP contribution >= 0.6 is 11.3 Å². The molecule has 6 rings (SSSR count). The topological polar surface area (TPSA) is 87.1 Å². The molecule has 2 N–H and O–H groups in total. The maximum absolute atomic E-state index is 5.95. The van der Waals surface area contributed by atoms with Crippen LogP contribution in [0.1, 0.15) is 41.8 Å². The Morgan fingerprint density at radius 2 is 1.81 bits per heavy atom. The average Bonchev–Trinajstić information content (AvgIpc) is 3.63. The number of thiazole rings is 1. The maximum Gasteiger partial charge on any atom is 0.313 e. The zero-order valence-corrected chi connectivity index (χ0v) is 18.4. The third-order valence-electron chi connectivity index (χ3n) is 7.15. The molecule has 162 valence electrons. The highest BCUT2D eigenvalue weighted by atomic mass is 32.1. The number of fused-ring (bicyclic) bond motifs is 2. The van der Waals surface area contributed by atoms with E-state index in [0.717, 1.165) is 22.2 Å². The molecule has 2 aromatic carbocycles. The first-order chi connectivity index (χ1) is 15.7. The number of benzene rings is 2. The van der Waals surface area contributed by atoms with Crippen molar-refractivity contribution in [2.75, 3.05) is 5.73 Å². The van der Waals surface area contributed by atoms with Crippen molar-refractivity contribution in [2.24, 2.45) is 11.8 Å². The monoisotopic (exact) mass is 444 g/mol. The van der Waals surface area contributed by atoms with E-state index in [2.05, 4.69) is 63.7 Å². The Kier molecular flexibility index (Phi) is 4.72.